The van der Waals surface area contributed by atoms with Crippen molar-refractivity contribution in [3.8, 4) is 0 Å². The van der Waals surface area contributed by atoms with E-state index in [4.69, 9.17) is 34.8 Å². The molecule has 1 aromatic heterocycles. The van der Waals surface area contributed by atoms with Gasteiger partial charge in [-0.1, -0.05) is 34.8 Å². The monoisotopic (exact) mass is 305 g/mol. The van der Waals surface area contributed by atoms with Gasteiger partial charge < -0.3 is 5.32 Å². The Balaban J connectivity index is 2.40. The van der Waals surface area contributed by atoms with E-state index in [1.165, 1.54) is 6.07 Å². The Bertz CT molecular complexity index is 561. The van der Waals surface area contributed by atoms with Gasteiger partial charge in [0.15, 0.2) is 0 Å². The van der Waals surface area contributed by atoms with Crippen molar-refractivity contribution in [2.24, 2.45) is 0 Å². The van der Waals surface area contributed by atoms with E-state index in [0.29, 0.717) is 22.5 Å². The predicted molar refractivity (Wildman–Crippen MR) is 71.5 cm³/mol. The number of aryl methyl sites for hydroxylation is 1. The van der Waals surface area contributed by atoms with Crippen LogP contribution in [0.15, 0.2) is 18.2 Å². The number of hydrogen-bond donors (Lipinski definition) is 1. The van der Waals surface area contributed by atoms with Gasteiger partial charge in [0, 0.05) is 6.07 Å². The zero-order valence-electron chi connectivity index (χ0n) is 9.14. The van der Waals surface area contributed by atoms with E-state index in [9.17, 15) is 4.39 Å². The van der Waals surface area contributed by atoms with E-state index in [1.807, 2.05) is 0 Å². The molecule has 18 heavy (non-hydrogen) atoms. The Morgan fingerprint density at radius 2 is 1.67 bits per heavy atom. The summed E-state index contributed by atoms with van der Waals surface area (Å²) in [5, 5.41) is 3.49. The highest BCUT2D eigenvalue weighted by Gasteiger charge is 2.10. The molecule has 2 rings (SSSR count). The first-order chi connectivity index (χ1) is 8.45. The number of nitrogens with zero attached hydrogens (tertiary/aromatic N) is 2. The van der Waals surface area contributed by atoms with Gasteiger partial charge in [-0.3, -0.25) is 0 Å². The number of benzene rings is 1. The number of aromatic nitrogens is 2. The van der Waals surface area contributed by atoms with Crippen LogP contribution >= 0.6 is 34.8 Å². The van der Waals surface area contributed by atoms with E-state index < -0.39 is 5.82 Å². The highest BCUT2D eigenvalue weighted by Crippen LogP contribution is 2.33. The Hall–Kier alpha value is -1.10. The number of nitrogens with one attached hydrogen (secondary N) is 1. The lowest BCUT2D eigenvalue weighted by atomic mass is 10.3. The Morgan fingerprint density at radius 3 is 2.22 bits per heavy atom. The second-order valence-electron chi connectivity index (χ2n) is 3.49. The molecule has 2 aromatic rings. The van der Waals surface area contributed by atoms with Crippen molar-refractivity contribution in [2.45, 2.75) is 6.92 Å². The van der Waals surface area contributed by atoms with Crippen molar-refractivity contribution in [3.05, 3.63) is 45.0 Å². The third kappa shape index (κ3) is 3.02. The van der Waals surface area contributed by atoms with Crippen molar-refractivity contribution < 1.29 is 4.39 Å². The number of halogens is 4. The fourth-order valence-corrected chi connectivity index (χ4v) is 2.17. The minimum Gasteiger partial charge on any atom is -0.338 e. The van der Waals surface area contributed by atoms with Crippen LogP contribution in [0.3, 0.4) is 0 Å². The number of rotatable bonds is 2. The number of anilines is 2. The van der Waals surface area contributed by atoms with E-state index >= 15 is 0 Å². The lowest BCUT2D eigenvalue weighted by Gasteiger charge is -2.10. The summed E-state index contributed by atoms with van der Waals surface area (Å²) < 4.78 is 13.0. The first-order valence-electron chi connectivity index (χ1n) is 4.88. The van der Waals surface area contributed by atoms with Crippen molar-refractivity contribution in [3.63, 3.8) is 0 Å². The molecule has 0 saturated heterocycles. The first-order valence-corrected chi connectivity index (χ1v) is 6.02. The van der Waals surface area contributed by atoms with Crippen LogP contribution in [0.1, 0.15) is 5.82 Å². The van der Waals surface area contributed by atoms with Gasteiger partial charge in [-0.05, 0) is 19.1 Å². The molecule has 0 saturated carbocycles. The fraction of sp³-hybridized carbons (Fsp3) is 0.0909. The molecule has 0 aliphatic carbocycles. The van der Waals surface area contributed by atoms with Gasteiger partial charge in [0.05, 0.1) is 15.7 Å². The molecular formula is C11H7Cl3FN3. The molecule has 94 valence electrons. The van der Waals surface area contributed by atoms with Crippen LogP contribution in [-0.2, 0) is 0 Å². The fourth-order valence-electron chi connectivity index (χ4n) is 1.38. The molecule has 0 atom stereocenters. The maximum Gasteiger partial charge on any atom is 0.135 e. The average molecular weight is 307 g/mol. The molecule has 3 nitrogen and oxygen atoms in total. The van der Waals surface area contributed by atoms with Crippen LogP contribution in [0.4, 0.5) is 15.9 Å². The quantitative estimate of drug-likeness (QED) is 0.822. The normalized spacial score (nSPS) is 10.5. The number of hydrogen-bond acceptors (Lipinski definition) is 3. The summed E-state index contributed by atoms with van der Waals surface area (Å²) in [4.78, 5) is 8.04. The van der Waals surface area contributed by atoms with Gasteiger partial charge in [0.1, 0.15) is 22.6 Å². The Labute approximate surface area is 118 Å². The molecule has 1 heterocycles. The minimum absolute atomic E-state index is 0.160. The third-order valence-electron chi connectivity index (χ3n) is 2.07. The first kappa shape index (κ1) is 13.3. The Morgan fingerprint density at radius 1 is 1.06 bits per heavy atom. The molecule has 0 aliphatic rings. The molecule has 0 amide bonds. The lowest BCUT2D eigenvalue weighted by Crippen LogP contribution is -1.99. The summed E-state index contributed by atoms with van der Waals surface area (Å²) in [6, 6.07) is 3.83. The van der Waals surface area contributed by atoms with Gasteiger partial charge in [-0.2, -0.15) is 0 Å². The van der Waals surface area contributed by atoms with Crippen LogP contribution in [0, 0.1) is 12.7 Å². The third-order valence-corrected chi connectivity index (χ3v) is 2.86. The van der Waals surface area contributed by atoms with Gasteiger partial charge in [0.2, 0.25) is 0 Å². The van der Waals surface area contributed by atoms with Crippen LogP contribution in [0.5, 0.6) is 0 Å². The van der Waals surface area contributed by atoms with Gasteiger partial charge >= 0.3 is 0 Å². The summed E-state index contributed by atoms with van der Waals surface area (Å²) in [5.41, 5.74) is 0.369. The summed E-state index contributed by atoms with van der Waals surface area (Å²) >= 11 is 17.6. The van der Waals surface area contributed by atoms with E-state index in [1.54, 1.807) is 6.92 Å². The summed E-state index contributed by atoms with van der Waals surface area (Å²) in [5.74, 6) is 0.426. The van der Waals surface area contributed by atoms with Crippen LogP contribution in [0.25, 0.3) is 0 Å². The summed E-state index contributed by atoms with van der Waals surface area (Å²) in [7, 11) is 0. The van der Waals surface area contributed by atoms with Gasteiger partial charge in [-0.15, -0.1) is 0 Å². The van der Waals surface area contributed by atoms with Gasteiger partial charge in [0.25, 0.3) is 0 Å². The molecule has 0 unspecified atom stereocenters. The van der Waals surface area contributed by atoms with Crippen molar-refractivity contribution in [1.82, 2.24) is 9.97 Å². The molecule has 0 radical (unpaired) electrons. The zero-order chi connectivity index (χ0) is 13.3. The molecule has 0 aliphatic heterocycles. The van der Waals surface area contributed by atoms with E-state index in [2.05, 4.69) is 15.3 Å². The highest BCUT2D eigenvalue weighted by atomic mass is 35.5. The maximum absolute atomic E-state index is 13.0. The lowest BCUT2D eigenvalue weighted by molar-refractivity contribution is 0.628. The second kappa shape index (κ2) is 5.26. The molecule has 1 aromatic carbocycles. The zero-order valence-corrected chi connectivity index (χ0v) is 11.4. The molecule has 7 heteroatoms. The average Bonchev–Trinajstić information content (AvgIpc) is 2.22. The second-order valence-corrected chi connectivity index (χ2v) is 4.69. The SMILES string of the molecule is Cc1nc(Cl)cc(Nc2c(Cl)cc(F)cc2Cl)n1. The predicted octanol–water partition coefficient (Wildman–Crippen LogP) is 4.63. The van der Waals surface area contributed by atoms with Gasteiger partial charge in [-0.25, -0.2) is 14.4 Å². The maximum atomic E-state index is 13.0. The molecular weight excluding hydrogens is 299 g/mol. The van der Waals surface area contributed by atoms with Crippen molar-refractivity contribution in [2.75, 3.05) is 5.32 Å². The van der Waals surface area contributed by atoms with Crippen molar-refractivity contribution >= 4 is 46.3 Å². The molecule has 0 bridgehead atoms. The Kier molecular flexibility index (Phi) is 3.90. The minimum atomic E-state index is -0.507. The summed E-state index contributed by atoms with van der Waals surface area (Å²) in [6.45, 7) is 1.70. The van der Waals surface area contributed by atoms with Crippen LogP contribution < -0.4 is 5.32 Å². The van der Waals surface area contributed by atoms with Crippen LogP contribution in [0.2, 0.25) is 15.2 Å². The standard InChI is InChI=1S/C11H7Cl3FN3/c1-5-16-9(14)4-10(17-5)18-11-7(12)2-6(15)3-8(11)13/h2-4H,1H3,(H,16,17,18). The highest BCUT2D eigenvalue weighted by molar-refractivity contribution is 6.39. The molecule has 1 N–H and O–H groups in total. The summed E-state index contributed by atoms with van der Waals surface area (Å²) in [6.07, 6.45) is 0. The molecule has 0 spiro atoms. The van der Waals surface area contributed by atoms with Crippen LogP contribution in [-0.4, -0.2) is 9.97 Å². The molecule has 0 fully saturated rings. The van der Waals surface area contributed by atoms with Crippen molar-refractivity contribution in [1.29, 1.82) is 0 Å². The van der Waals surface area contributed by atoms with E-state index in [0.717, 1.165) is 12.1 Å². The largest absolute Gasteiger partial charge is 0.338 e. The topological polar surface area (TPSA) is 37.8 Å². The van der Waals surface area contributed by atoms with E-state index in [-0.39, 0.29) is 10.0 Å². The smallest absolute Gasteiger partial charge is 0.135 e.